The molecule has 3 nitrogen and oxygen atoms in total. The Labute approximate surface area is 100 Å². The summed E-state index contributed by atoms with van der Waals surface area (Å²) in [5.74, 6) is 1.38. The van der Waals surface area contributed by atoms with E-state index in [9.17, 15) is 8.42 Å². The summed E-state index contributed by atoms with van der Waals surface area (Å²) >= 11 is 3.52. The minimum Gasteiger partial charge on any atom is -0.212 e. The van der Waals surface area contributed by atoms with E-state index in [0.717, 1.165) is 25.7 Å². The third-order valence-corrected chi connectivity index (χ3v) is 6.05. The van der Waals surface area contributed by atoms with Gasteiger partial charge in [-0.1, -0.05) is 15.9 Å². The zero-order valence-corrected chi connectivity index (χ0v) is 11.4. The van der Waals surface area contributed by atoms with Gasteiger partial charge in [-0.05, 0) is 37.5 Å². The zero-order chi connectivity index (χ0) is 11.1. The van der Waals surface area contributed by atoms with Gasteiger partial charge >= 0.3 is 0 Å². The summed E-state index contributed by atoms with van der Waals surface area (Å²) in [5, 5.41) is 0. The average Bonchev–Trinajstić information content (AvgIpc) is 2.84. The molecule has 0 aromatic heterocycles. The molecule has 0 amide bonds. The van der Waals surface area contributed by atoms with Crippen molar-refractivity contribution in [3.63, 3.8) is 0 Å². The van der Waals surface area contributed by atoms with Gasteiger partial charge in [-0.25, -0.2) is 12.7 Å². The first-order valence-electron chi connectivity index (χ1n) is 5.55. The van der Waals surface area contributed by atoms with Crippen molar-refractivity contribution in [3.8, 4) is 0 Å². The van der Waals surface area contributed by atoms with E-state index in [1.54, 1.807) is 11.4 Å². The highest BCUT2D eigenvalue weighted by atomic mass is 79.9. The smallest absolute Gasteiger partial charge is 0.212 e. The van der Waals surface area contributed by atoms with Crippen LogP contribution in [-0.2, 0) is 10.0 Å². The zero-order valence-electron chi connectivity index (χ0n) is 9.02. The molecule has 0 saturated heterocycles. The molecular weight excluding hydrogens is 278 g/mol. The van der Waals surface area contributed by atoms with Crippen LogP contribution in [0.1, 0.15) is 25.7 Å². The maximum Gasteiger partial charge on any atom is 0.214 e. The largest absolute Gasteiger partial charge is 0.214 e. The van der Waals surface area contributed by atoms with Gasteiger partial charge in [-0.2, -0.15) is 0 Å². The highest BCUT2D eigenvalue weighted by molar-refractivity contribution is 9.09. The van der Waals surface area contributed by atoms with E-state index in [0.29, 0.717) is 29.0 Å². The number of rotatable bonds is 5. The molecule has 0 aliphatic heterocycles. The van der Waals surface area contributed by atoms with Crippen molar-refractivity contribution in [2.45, 2.75) is 30.5 Å². The minimum atomic E-state index is -2.97. The van der Waals surface area contributed by atoms with E-state index < -0.39 is 10.0 Å². The van der Waals surface area contributed by atoms with Crippen molar-refractivity contribution in [2.24, 2.45) is 11.8 Å². The Kier molecular flexibility index (Phi) is 3.43. The summed E-state index contributed by atoms with van der Waals surface area (Å²) in [6.45, 7) is 0.706. The van der Waals surface area contributed by atoms with Crippen LogP contribution in [0.3, 0.4) is 0 Å². The molecule has 5 heteroatoms. The highest BCUT2D eigenvalue weighted by Gasteiger charge is 2.34. The molecular formula is C10H18BrNO2S. The predicted molar refractivity (Wildman–Crippen MR) is 64.6 cm³/mol. The number of halogens is 1. The van der Waals surface area contributed by atoms with Crippen LogP contribution in [0.2, 0.25) is 0 Å². The first-order chi connectivity index (χ1) is 6.97. The average molecular weight is 296 g/mol. The summed E-state index contributed by atoms with van der Waals surface area (Å²) in [6, 6.07) is 0. The van der Waals surface area contributed by atoms with Gasteiger partial charge in [0.25, 0.3) is 0 Å². The second kappa shape index (κ2) is 4.34. The molecule has 2 rings (SSSR count). The molecule has 2 saturated carbocycles. The van der Waals surface area contributed by atoms with Crippen LogP contribution in [0.15, 0.2) is 0 Å². The van der Waals surface area contributed by atoms with Crippen LogP contribution in [0.5, 0.6) is 0 Å². The summed E-state index contributed by atoms with van der Waals surface area (Å²) in [5.41, 5.74) is 0. The maximum atomic E-state index is 11.9. The Morgan fingerprint density at radius 1 is 1.27 bits per heavy atom. The summed E-state index contributed by atoms with van der Waals surface area (Å²) in [7, 11) is -1.25. The lowest BCUT2D eigenvalue weighted by atomic mass is 9.85. The van der Waals surface area contributed by atoms with Crippen molar-refractivity contribution in [1.82, 2.24) is 4.31 Å². The normalized spacial score (nSPS) is 31.7. The highest BCUT2D eigenvalue weighted by Crippen LogP contribution is 2.35. The molecule has 2 aliphatic rings. The molecule has 15 heavy (non-hydrogen) atoms. The standard InChI is InChI=1S/C10H18BrNO2S/c1-12(6-9-4-10(11)5-9)15(13,14)7-8-2-3-8/h8-10H,2-7H2,1H3. The molecule has 0 spiro atoms. The summed E-state index contributed by atoms with van der Waals surface area (Å²) < 4.78 is 25.3. The van der Waals surface area contributed by atoms with Crippen LogP contribution in [0, 0.1) is 11.8 Å². The molecule has 2 fully saturated rings. The van der Waals surface area contributed by atoms with Crippen molar-refractivity contribution < 1.29 is 8.42 Å². The summed E-state index contributed by atoms with van der Waals surface area (Å²) in [4.78, 5) is 0.613. The first-order valence-corrected chi connectivity index (χ1v) is 8.08. The molecule has 0 atom stereocenters. The quantitative estimate of drug-likeness (QED) is 0.726. The van der Waals surface area contributed by atoms with E-state index in [2.05, 4.69) is 15.9 Å². The molecule has 0 N–H and O–H groups in total. The summed E-state index contributed by atoms with van der Waals surface area (Å²) in [6.07, 6.45) is 4.42. The minimum absolute atomic E-state index is 0.369. The van der Waals surface area contributed by atoms with Crippen LogP contribution in [0.25, 0.3) is 0 Å². The molecule has 2 aliphatic carbocycles. The molecule has 0 aromatic rings. The van der Waals surface area contributed by atoms with Crippen LogP contribution < -0.4 is 0 Å². The van der Waals surface area contributed by atoms with Crippen LogP contribution in [-0.4, -0.2) is 36.9 Å². The third-order valence-electron chi connectivity index (χ3n) is 3.31. The Hall–Kier alpha value is 0.390. The van der Waals surface area contributed by atoms with Crippen molar-refractivity contribution in [2.75, 3.05) is 19.3 Å². The fourth-order valence-electron chi connectivity index (χ4n) is 1.99. The molecule has 0 aromatic carbocycles. The van der Waals surface area contributed by atoms with Gasteiger partial charge in [0.15, 0.2) is 0 Å². The number of hydrogen-bond donors (Lipinski definition) is 0. The fourth-order valence-corrected chi connectivity index (χ4v) is 4.67. The number of sulfonamides is 1. The molecule has 0 bridgehead atoms. The van der Waals surface area contributed by atoms with Crippen molar-refractivity contribution in [3.05, 3.63) is 0 Å². The van der Waals surface area contributed by atoms with E-state index in [1.807, 2.05) is 0 Å². The lowest BCUT2D eigenvalue weighted by Gasteiger charge is -2.34. The van der Waals surface area contributed by atoms with Gasteiger partial charge in [0.2, 0.25) is 10.0 Å². The monoisotopic (exact) mass is 295 g/mol. The molecule has 0 radical (unpaired) electrons. The van der Waals surface area contributed by atoms with Crippen LogP contribution >= 0.6 is 15.9 Å². The Morgan fingerprint density at radius 3 is 2.33 bits per heavy atom. The van der Waals surface area contributed by atoms with E-state index in [4.69, 9.17) is 0 Å². The molecule has 88 valence electrons. The van der Waals surface area contributed by atoms with Crippen molar-refractivity contribution in [1.29, 1.82) is 0 Å². The second-order valence-electron chi connectivity index (χ2n) is 4.94. The second-order valence-corrected chi connectivity index (χ2v) is 8.35. The van der Waals surface area contributed by atoms with Gasteiger partial charge in [0, 0.05) is 18.4 Å². The van der Waals surface area contributed by atoms with Gasteiger partial charge in [0.1, 0.15) is 0 Å². The van der Waals surface area contributed by atoms with E-state index in [1.165, 1.54) is 0 Å². The maximum absolute atomic E-state index is 11.9. The van der Waals surface area contributed by atoms with Crippen molar-refractivity contribution >= 4 is 26.0 Å². The fraction of sp³-hybridized carbons (Fsp3) is 1.00. The van der Waals surface area contributed by atoms with Gasteiger partial charge < -0.3 is 0 Å². The SMILES string of the molecule is CN(CC1CC(Br)C1)S(=O)(=O)CC1CC1. The number of hydrogen-bond acceptors (Lipinski definition) is 2. The predicted octanol–water partition coefficient (Wildman–Crippen LogP) is 1.83. The van der Waals surface area contributed by atoms with Gasteiger partial charge in [-0.3, -0.25) is 0 Å². The molecule has 0 unspecified atom stereocenters. The third kappa shape index (κ3) is 3.17. The lowest BCUT2D eigenvalue weighted by molar-refractivity contribution is 0.275. The van der Waals surface area contributed by atoms with E-state index in [-0.39, 0.29) is 0 Å². The Balaban J connectivity index is 1.80. The Bertz CT molecular complexity index is 320. The topological polar surface area (TPSA) is 37.4 Å². The molecule has 0 heterocycles. The lowest BCUT2D eigenvalue weighted by Crippen LogP contribution is -2.39. The van der Waals surface area contributed by atoms with E-state index >= 15 is 0 Å². The first kappa shape index (κ1) is 11.9. The number of nitrogens with zero attached hydrogens (tertiary/aromatic N) is 1. The van der Waals surface area contributed by atoms with Gasteiger partial charge in [0.05, 0.1) is 5.75 Å². The Morgan fingerprint density at radius 2 is 1.87 bits per heavy atom. The van der Waals surface area contributed by atoms with Gasteiger partial charge in [-0.15, -0.1) is 0 Å². The van der Waals surface area contributed by atoms with Crippen LogP contribution in [0.4, 0.5) is 0 Å². The number of alkyl halides is 1.